The molecule has 2 amide bonds. The van der Waals surface area contributed by atoms with Crippen LogP contribution in [0.4, 0.5) is 10.5 Å². The Hall–Kier alpha value is -2.50. The zero-order valence-electron chi connectivity index (χ0n) is 11.1. The lowest BCUT2D eigenvalue weighted by Gasteiger charge is -2.25. The van der Waals surface area contributed by atoms with E-state index in [4.69, 9.17) is 5.11 Å². The van der Waals surface area contributed by atoms with E-state index in [1.165, 1.54) is 17.7 Å². The summed E-state index contributed by atoms with van der Waals surface area (Å²) in [5, 5.41) is 21.1. The Bertz CT molecular complexity index is 581. The maximum atomic E-state index is 12.0. The number of phenols is 1. The van der Waals surface area contributed by atoms with Gasteiger partial charge in [0.05, 0.1) is 11.3 Å². The van der Waals surface area contributed by atoms with Gasteiger partial charge < -0.3 is 20.4 Å². The fourth-order valence-electron chi connectivity index (χ4n) is 1.92. The molecule has 1 aliphatic heterocycles. The summed E-state index contributed by atoms with van der Waals surface area (Å²) in [6.45, 7) is 3.18. The summed E-state index contributed by atoms with van der Waals surface area (Å²) in [6, 6.07) is 3.50. The molecule has 0 radical (unpaired) electrons. The van der Waals surface area contributed by atoms with Crippen molar-refractivity contribution in [1.82, 2.24) is 4.90 Å². The molecule has 0 unspecified atom stereocenters. The number of aromatic carboxylic acids is 1. The van der Waals surface area contributed by atoms with Gasteiger partial charge in [0.1, 0.15) is 5.75 Å². The second-order valence-electron chi connectivity index (χ2n) is 4.71. The highest BCUT2D eigenvalue weighted by Crippen LogP contribution is 2.25. The van der Waals surface area contributed by atoms with E-state index in [0.29, 0.717) is 13.1 Å². The Kier molecular flexibility index (Phi) is 3.93. The predicted molar refractivity (Wildman–Crippen MR) is 74.0 cm³/mol. The van der Waals surface area contributed by atoms with Crippen LogP contribution in [0.3, 0.4) is 0 Å². The predicted octanol–water partition coefficient (Wildman–Crippen LogP) is 2.27. The van der Waals surface area contributed by atoms with Crippen LogP contribution in [0.25, 0.3) is 0 Å². The number of carbonyl (C=O) groups excluding carboxylic acids is 1. The van der Waals surface area contributed by atoms with Gasteiger partial charge in [-0.15, -0.1) is 0 Å². The van der Waals surface area contributed by atoms with Gasteiger partial charge in [-0.25, -0.2) is 9.59 Å². The third-order valence-electron chi connectivity index (χ3n) is 3.21. The van der Waals surface area contributed by atoms with E-state index >= 15 is 0 Å². The summed E-state index contributed by atoms with van der Waals surface area (Å²) >= 11 is 0. The van der Waals surface area contributed by atoms with Gasteiger partial charge in [0.2, 0.25) is 0 Å². The Balaban J connectivity index is 2.06. The zero-order chi connectivity index (χ0) is 14.7. The van der Waals surface area contributed by atoms with Crippen LogP contribution in [0.5, 0.6) is 5.75 Å². The molecule has 0 saturated heterocycles. The second-order valence-corrected chi connectivity index (χ2v) is 4.71. The average Bonchev–Trinajstić information content (AvgIpc) is 2.41. The van der Waals surface area contributed by atoms with Crippen LogP contribution in [0.15, 0.2) is 29.8 Å². The van der Waals surface area contributed by atoms with Crippen molar-refractivity contribution >= 4 is 17.7 Å². The monoisotopic (exact) mass is 276 g/mol. The Labute approximate surface area is 116 Å². The number of hydrogen-bond acceptors (Lipinski definition) is 3. The standard InChI is InChI=1S/C14H16N2O4/c1-9-4-6-16(7-5-9)14(20)15-11-3-2-10(13(18)19)8-12(11)17/h2-4,8,17H,5-7H2,1H3,(H,15,20)(H,18,19). The minimum Gasteiger partial charge on any atom is -0.506 e. The van der Waals surface area contributed by atoms with Crippen molar-refractivity contribution in [2.75, 3.05) is 18.4 Å². The van der Waals surface area contributed by atoms with Gasteiger partial charge in [-0.1, -0.05) is 11.6 Å². The number of carboxylic acid groups (broad SMARTS) is 1. The molecule has 1 heterocycles. The van der Waals surface area contributed by atoms with Crippen molar-refractivity contribution in [3.05, 3.63) is 35.4 Å². The molecular formula is C14H16N2O4. The largest absolute Gasteiger partial charge is 0.506 e. The third kappa shape index (κ3) is 3.09. The minimum atomic E-state index is -1.13. The van der Waals surface area contributed by atoms with Crippen LogP contribution in [-0.4, -0.2) is 40.2 Å². The van der Waals surface area contributed by atoms with Crippen LogP contribution in [-0.2, 0) is 0 Å². The van der Waals surface area contributed by atoms with Crippen LogP contribution >= 0.6 is 0 Å². The van der Waals surface area contributed by atoms with Crippen LogP contribution < -0.4 is 5.32 Å². The molecule has 0 atom stereocenters. The van der Waals surface area contributed by atoms with Gasteiger partial charge in [0.15, 0.2) is 0 Å². The lowest BCUT2D eigenvalue weighted by Crippen LogP contribution is -2.37. The summed E-state index contributed by atoms with van der Waals surface area (Å²) in [4.78, 5) is 24.4. The summed E-state index contributed by atoms with van der Waals surface area (Å²) in [5.74, 6) is -1.39. The summed E-state index contributed by atoms with van der Waals surface area (Å²) in [7, 11) is 0. The Morgan fingerprint density at radius 2 is 2.10 bits per heavy atom. The first-order valence-electron chi connectivity index (χ1n) is 6.25. The van der Waals surface area contributed by atoms with E-state index in [9.17, 15) is 14.7 Å². The molecule has 6 nitrogen and oxygen atoms in total. The number of rotatable bonds is 2. The molecule has 20 heavy (non-hydrogen) atoms. The zero-order valence-corrected chi connectivity index (χ0v) is 11.1. The number of carbonyl (C=O) groups is 2. The average molecular weight is 276 g/mol. The number of carboxylic acids is 1. The fourth-order valence-corrected chi connectivity index (χ4v) is 1.92. The first-order valence-corrected chi connectivity index (χ1v) is 6.25. The van der Waals surface area contributed by atoms with Crippen molar-refractivity contribution in [3.8, 4) is 5.75 Å². The van der Waals surface area contributed by atoms with Crippen molar-refractivity contribution < 1.29 is 19.8 Å². The van der Waals surface area contributed by atoms with Crippen molar-refractivity contribution in [3.63, 3.8) is 0 Å². The normalized spacial score (nSPS) is 14.7. The number of anilines is 1. The summed E-state index contributed by atoms with van der Waals surface area (Å²) in [6.07, 6.45) is 2.81. The number of aromatic hydroxyl groups is 1. The molecule has 3 N–H and O–H groups in total. The molecule has 106 valence electrons. The lowest BCUT2D eigenvalue weighted by molar-refractivity contribution is 0.0696. The van der Waals surface area contributed by atoms with E-state index in [-0.39, 0.29) is 23.0 Å². The number of nitrogens with zero attached hydrogens (tertiary/aromatic N) is 1. The van der Waals surface area contributed by atoms with Crippen LogP contribution in [0.1, 0.15) is 23.7 Å². The molecule has 0 aromatic heterocycles. The SMILES string of the molecule is CC1=CCN(C(=O)Nc2ccc(C(=O)O)cc2O)CC1. The van der Waals surface area contributed by atoms with Crippen molar-refractivity contribution in [2.45, 2.75) is 13.3 Å². The van der Waals surface area contributed by atoms with Crippen LogP contribution in [0, 0.1) is 0 Å². The molecule has 0 bridgehead atoms. The summed E-state index contributed by atoms with van der Waals surface area (Å²) < 4.78 is 0. The highest BCUT2D eigenvalue weighted by Gasteiger charge is 2.17. The number of urea groups is 1. The van der Waals surface area contributed by atoms with E-state index in [1.807, 2.05) is 13.0 Å². The highest BCUT2D eigenvalue weighted by atomic mass is 16.4. The van der Waals surface area contributed by atoms with Gasteiger partial charge in [-0.3, -0.25) is 0 Å². The van der Waals surface area contributed by atoms with E-state index in [2.05, 4.69) is 5.32 Å². The lowest BCUT2D eigenvalue weighted by atomic mass is 10.1. The van der Waals surface area contributed by atoms with Gasteiger partial charge in [0, 0.05) is 13.1 Å². The number of amides is 2. The number of benzene rings is 1. The van der Waals surface area contributed by atoms with Crippen molar-refractivity contribution in [1.29, 1.82) is 0 Å². The molecule has 0 aliphatic carbocycles. The minimum absolute atomic E-state index is 0.0305. The summed E-state index contributed by atoms with van der Waals surface area (Å²) in [5.41, 5.74) is 1.42. The molecule has 0 saturated carbocycles. The molecule has 0 spiro atoms. The Morgan fingerprint density at radius 1 is 1.35 bits per heavy atom. The molecule has 1 aliphatic rings. The number of hydrogen-bond donors (Lipinski definition) is 3. The number of phenolic OH excluding ortho intramolecular Hbond substituents is 1. The quantitative estimate of drug-likeness (QED) is 0.571. The fraction of sp³-hybridized carbons (Fsp3) is 0.286. The first-order chi connectivity index (χ1) is 9.47. The van der Waals surface area contributed by atoms with E-state index in [1.54, 1.807) is 4.90 Å². The smallest absolute Gasteiger partial charge is 0.335 e. The van der Waals surface area contributed by atoms with E-state index in [0.717, 1.165) is 12.5 Å². The van der Waals surface area contributed by atoms with Gasteiger partial charge in [0.25, 0.3) is 0 Å². The second kappa shape index (κ2) is 5.64. The van der Waals surface area contributed by atoms with Crippen LogP contribution in [0.2, 0.25) is 0 Å². The molecule has 0 fully saturated rings. The molecule has 1 aromatic carbocycles. The maximum Gasteiger partial charge on any atom is 0.335 e. The molecule has 6 heteroatoms. The topological polar surface area (TPSA) is 89.9 Å². The number of nitrogens with one attached hydrogen (secondary N) is 1. The maximum absolute atomic E-state index is 12.0. The molecule has 2 rings (SSSR count). The molecule has 1 aromatic rings. The van der Waals surface area contributed by atoms with E-state index < -0.39 is 5.97 Å². The van der Waals surface area contributed by atoms with Gasteiger partial charge in [-0.05, 0) is 31.5 Å². The van der Waals surface area contributed by atoms with Gasteiger partial charge in [-0.2, -0.15) is 0 Å². The van der Waals surface area contributed by atoms with Crippen molar-refractivity contribution in [2.24, 2.45) is 0 Å². The third-order valence-corrected chi connectivity index (χ3v) is 3.21. The van der Waals surface area contributed by atoms with Gasteiger partial charge >= 0.3 is 12.0 Å². The molecular weight excluding hydrogens is 260 g/mol. The highest BCUT2D eigenvalue weighted by molar-refractivity contribution is 5.93. The Morgan fingerprint density at radius 3 is 2.65 bits per heavy atom. The first kappa shape index (κ1) is 13.9.